The summed E-state index contributed by atoms with van der Waals surface area (Å²) >= 11 is 0. The van der Waals surface area contributed by atoms with Crippen molar-refractivity contribution in [1.29, 1.82) is 0 Å². The molecule has 38 heavy (non-hydrogen) atoms. The van der Waals surface area contributed by atoms with E-state index in [1.54, 1.807) is 32.6 Å². The number of hydrogen-bond acceptors (Lipinski definition) is 7. The molecule has 1 aliphatic carbocycles. The van der Waals surface area contributed by atoms with Crippen LogP contribution in [0.15, 0.2) is 0 Å². The van der Waals surface area contributed by atoms with E-state index in [1.165, 1.54) is 14.0 Å². The number of nitrogens with zero attached hydrogens (tertiary/aromatic N) is 1. The van der Waals surface area contributed by atoms with Gasteiger partial charge >= 0.3 is 12.1 Å². The quantitative estimate of drug-likeness (QED) is 0.401. The predicted molar refractivity (Wildman–Crippen MR) is 141 cm³/mol. The Morgan fingerprint density at radius 3 is 2.00 bits per heavy atom. The third-order valence-corrected chi connectivity index (χ3v) is 7.43. The second-order valence-electron chi connectivity index (χ2n) is 12.5. The summed E-state index contributed by atoms with van der Waals surface area (Å²) in [5.74, 6) is -1.55. The van der Waals surface area contributed by atoms with Crippen LogP contribution in [-0.2, 0) is 28.7 Å². The van der Waals surface area contributed by atoms with Gasteiger partial charge in [-0.05, 0) is 49.4 Å². The number of methoxy groups -OCH3 is 1. The number of nitrogens with one attached hydrogen (secondary N) is 3. The first-order valence-electron chi connectivity index (χ1n) is 13.4. The number of hydrogen-bond donors (Lipinski definition) is 3. The van der Waals surface area contributed by atoms with Crippen LogP contribution >= 0.6 is 0 Å². The molecule has 0 aromatic rings. The Balaban J connectivity index is 2.29. The molecular formula is C27H46N4O7. The minimum absolute atomic E-state index is 0.0553. The predicted octanol–water partition coefficient (Wildman–Crippen LogP) is 1.98. The number of carbonyl (C=O) groups is 5. The van der Waals surface area contributed by atoms with Gasteiger partial charge < -0.3 is 30.3 Å². The molecular weight excluding hydrogens is 492 g/mol. The summed E-state index contributed by atoms with van der Waals surface area (Å²) < 4.78 is 9.88. The Labute approximate surface area is 226 Å². The highest BCUT2D eigenvalue weighted by Crippen LogP contribution is 2.43. The molecule has 1 saturated heterocycles. The molecule has 3 N–H and O–H groups in total. The van der Waals surface area contributed by atoms with Crippen molar-refractivity contribution in [3.8, 4) is 0 Å². The minimum Gasteiger partial charge on any atom is -0.464 e. The van der Waals surface area contributed by atoms with Crippen LogP contribution in [0.1, 0.15) is 74.7 Å². The Morgan fingerprint density at radius 1 is 0.895 bits per heavy atom. The van der Waals surface area contributed by atoms with Gasteiger partial charge in [0.25, 0.3) is 0 Å². The second-order valence-corrected chi connectivity index (χ2v) is 12.5. The molecule has 2 rings (SSSR count). The largest absolute Gasteiger partial charge is 0.464 e. The number of carbonyl (C=O) groups excluding carboxylic acids is 5. The van der Waals surface area contributed by atoms with E-state index in [0.717, 1.165) is 19.3 Å². The van der Waals surface area contributed by atoms with Crippen molar-refractivity contribution in [1.82, 2.24) is 20.9 Å². The fraction of sp³-hybridized carbons (Fsp3) is 0.815. The molecule has 11 heteroatoms. The van der Waals surface area contributed by atoms with Crippen molar-refractivity contribution in [3.05, 3.63) is 0 Å². The maximum atomic E-state index is 14.0. The fourth-order valence-electron chi connectivity index (χ4n) is 5.35. The lowest BCUT2D eigenvalue weighted by Gasteiger charge is -2.38. The van der Waals surface area contributed by atoms with Gasteiger partial charge in [-0.2, -0.15) is 0 Å². The van der Waals surface area contributed by atoms with E-state index < -0.39 is 58.9 Å². The summed E-state index contributed by atoms with van der Waals surface area (Å²) in [4.78, 5) is 66.4. The van der Waals surface area contributed by atoms with Gasteiger partial charge in [-0.15, -0.1) is 0 Å². The maximum Gasteiger partial charge on any atom is 0.407 e. The summed E-state index contributed by atoms with van der Waals surface area (Å²) in [5.41, 5.74) is -1.40. The molecule has 1 saturated carbocycles. The van der Waals surface area contributed by atoms with Gasteiger partial charge in [-0.3, -0.25) is 14.4 Å². The molecule has 216 valence electrons. The van der Waals surface area contributed by atoms with E-state index in [-0.39, 0.29) is 24.3 Å². The molecule has 0 spiro atoms. The van der Waals surface area contributed by atoms with Gasteiger partial charge in [0.05, 0.1) is 13.7 Å². The first-order valence-corrected chi connectivity index (χ1v) is 13.4. The summed E-state index contributed by atoms with van der Waals surface area (Å²) in [6, 6.07) is -3.57. The average Bonchev–Trinajstić information content (AvgIpc) is 3.40. The minimum atomic E-state index is -1.01. The highest BCUT2D eigenvalue weighted by molar-refractivity contribution is 5.95. The zero-order chi connectivity index (χ0) is 29.0. The van der Waals surface area contributed by atoms with Crippen LogP contribution < -0.4 is 16.0 Å². The van der Waals surface area contributed by atoms with Crippen LogP contribution in [0.3, 0.4) is 0 Å². The van der Waals surface area contributed by atoms with E-state index in [2.05, 4.69) is 20.7 Å². The molecule has 4 amide bonds. The molecule has 1 heterocycles. The van der Waals surface area contributed by atoms with Crippen LogP contribution in [0.5, 0.6) is 0 Å². The third kappa shape index (κ3) is 7.38. The molecule has 0 aromatic carbocycles. The Morgan fingerprint density at radius 2 is 1.47 bits per heavy atom. The van der Waals surface area contributed by atoms with E-state index in [9.17, 15) is 24.0 Å². The van der Waals surface area contributed by atoms with Crippen molar-refractivity contribution < 1.29 is 33.4 Å². The zero-order valence-electron chi connectivity index (χ0n) is 24.3. The number of likely N-dealkylation sites (tertiary alicyclic amines) is 1. The smallest absolute Gasteiger partial charge is 0.407 e. The molecule has 6 atom stereocenters. The number of alkyl carbamates (subject to hydrolysis) is 1. The molecule has 11 nitrogen and oxygen atoms in total. The van der Waals surface area contributed by atoms with Crippen LogP contribution in [0.4, 0.5) is 4.79 Å². The lowest BCUT2D eigenvalue weighted by molar-refractivity contribution is -0.156. The van der Waals surface area contributed by atoms with Gasteiger partial charge in [0.15, 0.2) is 0 Å². The highest BCUT2D eigenvalue weighted by atomic mass is 16.5. The monoisotopic (exact) mass is 538 g/mol. The summed E-state index contributed by atoms with van der Waals surface area (Å²) in [7, 11) is 1.19. The fourth-order valence-corrected chi connectivity index (χ4v) is 5.35. The Kier molecular flexibility index (Phi) is 10.2. The van der Waals surface area contributed by atoms with Crippen molar-refractivity contribution >= 4 is 29.8 Å². The summed E-state index contributed by atoms with van der Waals surface area (Å²) in [5, 5.41) is 7.97. The van der Waals surface area contributed by atoms with E-state index >= 15 is 0 Å². The highest BCUT2D eigenvalue weighted by Gasteiger charge is 2.52. The van der Waals surface area contributed by atoms with Gasteiger partial charge in [0, 0.05) is 6.54 Å². The van der Waals surface area contributed by atoms with E-state index in [4.69, 9.17) is 4.74 Å². The van der Waals surface area contributed by atoms with Crippen LogP contribution in [-0.4, -0.2) is 79.1 Å². The molecule has 1 unspecified atom stereocenters. The standard InChI is InChI=1S/C27H46N4O7/c1-10-38-24(35)18-17-13-11-12-16(17)14-31(18)23(34)20(27(6,7)8)30-22(33)19(26(3,4)5)29-21(32)15(2)28-25(36)37-9/h15-20H,10-14H2,1-9H3,(H,28,36)(H,29,32)(H,30,33)/t15-,16-,17-,18?,19+,20+/m0/s1. The van der Waals surface area contributed by atoms with Crippen molar-refractivity contribution in [2.75, 3.05) is 20.3 Å². The van der Waals surface area contributed by atoms with E-state index in [1.807, 2.05) is 20.8 Å². The topological polar surface area (TPSA) is 143 Å². The number of fused-ring (bicyclic) bond motifs is 1. The lowest BCUT2D eigenvalue weighted by atomic mass is 9.82. The van der Waals surface area contributed by atoms with Gasteiger partial charge in [0.2, 0.25) is 17.7 Å². The summed E-state index contributed by atoms with van der Waals surface area (Å²) in [6.45, 7) is 14.8. The first-order chi connectivity index (χ1) is 17.5. The van der Waals surface area contributed by atoms with Gasteiger partial charge in [0.1, 0.15) is 24.2 Å². The normalized spacial score (nSPS) is 23.5. The zero-order valence-corrected chi connectivity index (χ0v) is 24.3. The molecule has 0 radical (unpaired) electrons. The van der Waals surface area contributed by atoms with Crippen molar-refractivity contribution in [3.63, 3.8) is 0 Å². The number of amides is 4. The maximum absolute atomic E-state index is 14.0. The molecule has 0 bridgehead atoms. The number of ether oxygens (including phenoxy) is 2. The second kappa shape index (κ2) is 12.3. The Hall–Kier alpha value is -2.85. The van der Waals surface area contributed by atoms with Crippen LogP contribution in [0.2, 0.25) is 0 Å². The van der Waals surface area contributed by atoms with Crippen molar-refractivity contribution in [2.45, 2.75) is 98.8 Å². The first kappa shape index (κ1) is 31.4. The van der Waals surface area contributed by atoms with Gasteiger partial charge in [-0.1, -0.05) is 48.0 Å². The molecule has 0 aromatic heterocycles. The Bertz CT molecular complexity index is 908. The van der Waals surface area contributed by atoms with Crippen LogP contribution in [0.25, 0.3) is 0 Å². The van der Waals surface area contributed by atoms with Crippen molar-refractivity contribution in [2.24, 2.45) is 22.7 Å². The van der Waals surface area contributed by atoms with Gasteiger partial charge in [-0.25, -0.2) is 9.59 Å². The molecule has 2 fully saturated rings. The average molecular weight is 539 g/mol. The third-order valence-electron chi connectivity index (χ3n) is 7.43. The SMILES string of the molecule is CCOC(=O)C1[C@H]2CCC[C@H]2CN1C(=O)[C@@H](NC(=O)[C@@H](NC(=O)[C@H](C)NC(=O)OC)C(C)(C)C)C(C)(C)C. The summed E-state index contributed by atoms with van der Waals surface area (Å²) in [6.07, 6.45) is 2.06. The van der Waals surface area contributed by atoms with Crippen LogP contribution in [0, 0.1) is 22.7 Å². The number of esters is 1. The molecule has 2 aliphatic rings. The molecule has 1 aliphatic heterocycles. The van der Waals surface area contributed by atoms with E-state index in [0.29, 0.717) is 6.54 Å². The number of rotatable bonds is 8. The lowest BCUT2D eigenvalue weighted by Crippen LogP contribution is -2.63.